The lowest BCUT2D eigenvalue weighted by atomic mass is 10.2. The Balaban J connectivity index is 1.46. The number of rotatable bonds is 5. The highest BCUT2D eigenvalue weighted by Crippen LogP contribution is 2.28. The van der Waals surface area contributed by atoms with Gasteiger partial charge in [-0.05, 0) is 30.3 Å². The average molecular weight is 433 g/mol. The van der Waals surface area contributed by atoms with Crippen molar-refractivity contribution in [1.82, 2.24) is 20.2 Å². The van der Waals surface area contributed by atoms with Crippen molar-refractivity contribution in [2.45, 2.75) is 5.16 Å². The summed E-state index contributed by atoms with van der Waals surface area (Å²) in [5.41, 5.74) is 1.48. The van der Waals surface area contributed by atoms with Crippen molar-refractivity contribution in [3.8, 4) is 0 Å². The quantitative estimate of drug-likeness (QED) is 0.278. The highest BCUT2D eigenvalue weighted by atomic mass is 35.5. The van der Waals surface area contributed by atoms with Crippen LogP contribution in [-0.4, -0.2) is 36.7 Å². The standard InChI is InChI=1S/C17H10ClFN6O3S/c18-11-3-2-9(6-13(11)25(27)28)20-14(26)7-29-17-22-16-15(23-24-17)10-5-8(19)1-4-12(10)21-16/h1-6H,7H2,(H,20,26)(H,21,22,24). The summed E-state index contributed by atoms with van der Waals surface area (Å²) < 4.78 is 13.4. The van der Waals surface area contributed by atoms with Crippen LogP contribution in [0.25, 0.3) is 22.1 Å². The Morgan fingerprint density at radius 3 is 2.90 bits per heavy atom. The van der Waals surface area contributed by atoms with Crippen molar-refractivity contribution >= 4 is 62.7 Å². The fraction of sp³-hybridized carbons (Fsp3) is 0.0588. The van der Waals surface area contributed by atoms with Crippen molar-refractivity contribution in [2.24, 2.45) is 0 Å². The number of aromatic amines is 1. The molecule has 0 radical (unpaired) electrons. The van der Waals surface area contributed by atoms with E-state index in [9.17, 15) is 19.3 Å². The molecule has 0 saturated heterocycles. The number of carbonyl (C=O) groups is 1. The maximum atomic E-state index is 13.4. The fourth-order valence-corrected chi connectivity index (χ4v) is 3.42. The third kappa shape index (κ3) is 3.96. The van der Waals surface area contributed by atoms with Crippen LogP contribution in [0.5, 0.6) is 0 Å². The first-order chi connectivity index (χ1) is 13.9. The predicted octanol–water partition coefficient (Wildman–Crippen LogP) is 3.94. The lowest BCUT2D eigenvalue weighted by Gasteiger charge is -2.05. The van der Waals surface area contributed by atoms with Gasteiger partial charge in [0.2, 0.25) is 11.1 Å². The Morgan fingerprint density at radius 2 is 2.10 bits per heavy atom. The van der Waals surface area contributed by atoms with Gasteiger partial charge in [-0.3, -0.25) is 14.9 Å². The Morgan fingerprint density at radius 1 is 1.28 bits per heavy atom. The number of nitrogens with zero attached hydrogens (tertiary/aromatic N) is 4. The molecule has 12 heteroatoms. The van der Waals surface area contributed by atoms with E-state index in [-0.39, 0.29) is 27.3 Å². The zero-order valence-electron chi connectivity index (χ0n) is 14.3. The van der Waals surface area contributed by atoms with E-state index in [0.717, 1.165) is 11.8 Å². The summed E-state index contributed by atoms with van der Waals surface area (Å²) >= 11 is 6.79. The normalized spacial score (nSPS) is 11.1. The summed E-state index contributed by atoms with van der Waals surface area (Å²) in [6.45, 7) is 0. The molecule has 0 spiro atoms. The van der Waals surface area contributed by atoms with Gasteiger partial charge in [-0.1, -0.05) is 23.4 Å². The van der Waals surface area contributed by atoms with Gasteiger partial charge < -0.3 is 10.3 Å². The van der Waals surface area contributed by atoms with Gasteiger partial charge in [0.05, 0.1) is 10.7 Å². The molecule has 0 saturated carbocycles. The number of nitro benzene ring substituents is 1. The van der Waals surface area contributed by atoms with E-state index < -0.39 is 16.6 Å². The van der Waals surface area contributed by atoms with Crippen LogP contribution in [0.15, 0.2) is 41.6 Å². The van der Waals surface area contributed by atoms with Crippen LogP contribution in [0.2, 0.25) is 5.02 Å². The van der Waals surface area contributed by atoms with Gasteiger partial charge in [-0.2, -0.15) is 0 Å². The smallest absolute Gasteiger partial charge is 0.289 e. The van der Waals surface area contributed by atoms with E-state index in [1.54, 1.807) is 6.07 Å². The van der Waals surface area contributed by atoms with E-state index >= 15 is 0 Å². The number of aromatic nitrogens is 4. The molecule has 0 aliphatic rings. The van der Waals surface area contributed by atoms with Gasteiger partial charge in [0.15, 0.2) is 5.65 Å². The minimum atomic E-state index is -0.631. The number of carbonyl (C=O) groups excluding carboxylic acids is 1. The highest BCUT2D eigenvalue weighted by Gasteiger charge is 2.15. The summed E-state index contributed by atoms with van der Waals surface area (Å²) in [7, 11) is 0. The third-order valence-corrected chi connectivity index (χ3v) is 5.07. The minimum absolute atomic E-state index is 0.0200. The SMILES string of the molecule is O=C(CSc1nnc2c(n1)[nH]c1ccc(F)cc12)Nc1ccc(Cl)c([N+](=O)[O-])c1. The maximum absolute atomic E-state index is 13.4. The number of halogens is 2. The van der Waals surface area contributed by atoms with Crippen LogP contribution in [0.4, 0.5) is 15.8 Å². The van der Waals surface area contributed by atoms with Crippen LogP contribution in [0.1, 0.15) is 0 Å². The van der Waals surface area contributed by atoms with Crippen LogP contribution >= 0.6 is 23.4 Å². The number of hydrogen-bond acceptors (Lipinski definition) is 7. The number of hydrogen-bond donors (Lipinski definition) is 2. The molecule has 29 heavy (non-hydrogen) atoms. The molecule has 9 nitrogen and oxygen atoms in total. The summed E-state index contributed by atoms with van der Waals surface area (Å²) in [5, 5.41) is 22.3. The number of benzene rings is 2. The van der Waals surface area contributed by atoms with Gasteiger partial charge in [-0.15, -0.1) is 10.2 Å². The second-order valence-electron chi connectivity index (χ2n) is 5.87. The van der Waals surface area contributed by atoms with Gasteiger partial charge in [0.1, 0.15) is 16.4 Å². The molecule has 0 fully saturated rings. The van der Waals surface area contributed by atoms with Crippen molar-refractivity contribution in [3.05, 3.63) is 57.4 Å². The van der Waals surface area contributed by atoms with Gasteiger partial charge >= 0.3 is 0 Å². The van der Waals surface area contributed by atoms with Crippen molar-refractivity contribution in [3.63, 3.8) is 0 Å². The topological polar surface area (TPSA) is 127 Å². The molecular weight excluding hydrogens is 423 g/mol. The second kappa shape index (κ2) is 7.60. The van der Waals surface area contributed by atoms with E-state index in [0.29, 0.717) is 22.1 Å². The Hall–Kier alpha value is -3.31. The van der Waals surface area contributed by atoms with E-state index in [1.807, 2.05) is 0 Å². The number of fused-ring (bicyclic) bond motifs is 3. The molecular formula is C17H10ClFN6O3S. The van der Waals surface area contributed by atoms with Crippen molar-refractivity contribution in [2.75, 3.05) is 11.1 Å². The number of nitro groups is 1. The zero-order chi connectivity index (χ0) is 20.5. The zero-order valence-corrected chi connectivity index (χ0v) is 15.9. The lowest BCUT2D eigenvalue weighted by molar-refractivity contribution is -0.384. The molecule has 4 rings (SSSR count). The fourth-order valence-electron chi connectivity index (χ4n) is 2.65. The maximum Gasteiger partial charge on any atom is 0.289 e. The lowest BCUT2D eigenvalue weighted by Crippen LogP contribution is -2.14. The van der Waals surface area contributed by atoms with Gasteiger partial charge in [-0.25, -0.2) is 9.37 Å². The number of H-pyrrole nitrogens is 1. The van der Waals surface area contributed by atoms with Crippen molar-refractivity contribution in [1.29, 1.82) is 0 Å². The third-order valence-electron chi connectivity index (χ3n) is 3.92. The molecule has 0 unspecified atom stereocenters. The number of anilines is 1. The Bertz CT molecular complexity index is 1280. The molecule has 2 aromatic heterocycles. The van der Waals surface area contributed by atoms with Crippen molar-refractivity contribution < 1.29 is 14.1 Å². The van der Waals surface area contributed by atoms with Gasteiger partial charge in [0, 0.05) is 22.7 Å². The first-order valence-corrected chi connectivity index (χ1v) is 9.45. The minimum Gasteiger partial charge on any atom is -0.338 e. The molecule has 0 aliphatic carbocycles. The molecule has 0 atom stereocenters. The number of thioether (sulfide) groups is 1. The molecule has 4 aromatic rings. The van der Waals surface area contributed by atoms with Gasteiger partial charge in [0.25, 0.3) is 5.69 Å². The summed E-state index contributed by atoms with van der Waals surface area (Å²) in [6.07, 6.45) is 0. The van der Waals surface area contributed by atoms with E-state index in [2.05, 4.69) is 25.5 Å². The number of amides is 1. The summed E-state index contributed by atoms with van der Waals surface area (Å²) in [6, 6.07) is 8.23. The Kier molecular flexibility index (Phi) is 4.99. The van der Waals surface area contributed by atoms with Crippen LogP contribution < -0.4 is 5.32 Å². The molecule has 2 aromatic carbocycles. The monoisotopic (exact) mass is 432 g/mol. The molecule has 1 amide bonds. The molecule has 0 bridgehead atoms. The molecule has 146 valence electrons. The predicted molar refractivity (Wildman–Crippen MR) is 107 cm³/mol. The van der Waals surface area contributed by atoms with E-state index in [4.69, 9.17) is 11.6 Å². The first kappa shape index (κ1) is 19.0. The molecule has 2 N–H and O–H groups in total. The largest absolute Gasteiger partial charge is 0.338 e. The van der Waals surface area contributed by atoms with E-state index in [1.165, 1.54) is 30.3 Å². The summed E-state index contributed by atoms with van der Waals surface area (Å²) in [5.74, 6) is -0.842. The molecule has 0 aliphatic heterocycles. The molecule has 2 heterocycles. The summed E-state index contributed by atoms with van der Waals surface area (Å²) in [4.78, 5) is 29.7. The van der Waals surface area contributed by atoms with Crippen LogP contribution in [0.3, 0.4) is 0 Å². The van der Waals surface area contributed by atoms with Crippen LogP contribution in [-0.2, 0) is 4.79 Å². The highest BCUT2D eigenvalue weighted by molar-refractivity contribution is 7.99. The first-order valence-electron chi connectivity index (χ1n) is 8.09. The number of nitrogens with one attached hydrogen (secondary N) is 2. The Labute approximate surface area is 170 Å². The average Bonchev–Trinajstić information content (AvgIpc) is 3.04. The second-order valence-corrected chi connectivity index (χ2v) is 7.22. The van der Waals surface area contributed by atoms with Crippen LogP contribution in [0, 0.1) is 15.9 Å².